The first-order valence-electron chi connectivity index (χ1n) is 6.55. The average molecular weight is 271 g/mol. The highest BCUT2D eigenvalue weighted by atomic mass is 32.1. The number of para-hydroxylation sites is 1. The van der Waals surface area contributed by atoms with Gasteiger partial charge in [-0.15, -0.1) is 11.3 Å². The van der Waals surface area contributed by atoms with Gasteiger partial charge >= 0.3 is 0 Å². The van der Waals surface area contributed by atoms with Crippen LogP contribution < -0.4 is 5.32 Å². The fraction of sp³-hybridized carbons (Fsp3) is 0.250. The third kappa shape index (κ3) is 2.31. The molecule has 0 bridgehead atoms. The van der Waals surface area contributed by atoms with E-state index in [4.69, 9.17) is 4.42 Å². The zero-order valence-electron chi connectivity index (χ0n) is 11.1. The zero-order valence-corrected chi connectivity index (χ0v) is 12.0. The summed E-state index contributed by atoms with van der Waals surface area (Å²) in [6.45, 7) is 5.12. The number of hydrogen-bond acceptors (Lipinski definition) is 3. The SMILES string of the molecule is CCNC(c1cc2cccc(C)c2o1)c1cccs1. The summed E-state index contributed by atoms with van der Waals surface area (Å²) in [5.41, 5.74) is 2.18. The zero-order chi connectivity index (χ0) is 13.2. The number of thiophene rings is 1. The maximum absolute atomic E-state index is 6.08. The lowest BCUT2D eigenvalue weighted by atomic mass is 10.1. The summed E-state index contributed by atoms with van der Waals surface area (Å²) in [4.78, 5) is 1.29. The van der Waals surface area contributed by atoms with E-state index in [-0.39, 0.29) is 6.04 Å². The summed E-state index contributed by atoms with van der Waals surface area (Å²) in [5, 5.41) is 6.78. The van der Waals surface area contributed by atoms with Gasteiger partial charge in [0.2, 0.25) is 0 Å². The Balaban J connectivity index is 2.08. The van der Waals surface area contributed by atoms with E-state index >= 15 is 0 Å². The Morgan fingerprint density at radius 2 is 2.16 bits per heavy atom. The molecule has 0 aliphatic heterocycles. The second-order valence-corrected chi connectivity index (χ2v) is 5.63. The molecule has 0 fully saturated rings. The number of rotatable bonds is 4. The smallest absolute Gasteiger partial charge is 0.137 e. The molecule has 1 N–H and O–H groups in total. The van der Waals surface area contributed by atoms with Gasteiger partial charge in [-0.3, -0.25) is 0 Å². The standard InChI is InChI=1S/C16H17NOS/c1-3-17-15(14-8-5-9-19-14)13-10-12-7-4-6-11(2)16(12)18-13/h4-10,15,17H,3H2,1-2H3. The van der Waals surface area contributed by atoms with Crippen molar-refractivity contribution in [2.75, 3.05) is 6.54 Å². The van der Waals surface area contributed by atoms with Gasteiger partial charge in [-0.25, -0.2) is 0 Å². The molecular weight excluding hydrogens is 254 g/mol. The Morgan fingerprint density at radius 1 is 1.26 bits per heavy atom. The molecule has 1 atom stereocenters. The molecule has 2 aromatic heterocycles. The quantitative estimate of drug-likeness (QED) is 0.755. The van der Waals surface area contributed by atoms with Gasteiger partial charge in [0, 0.05) is 10.3 Å². The number of aryl methyl sites for hydroxylation is 1. The van der Waals surface area contributed by atoms with E-state index in [2.05, 4.69) is 60.9 Å². The molecule has 0 spiro atoms. The van der Waals surface area contributed by atoms with E-state index < -0.39 is 0 Å². The number of benzene rings is 1. The van der Waals surface area contributed by atoms with Crippen molar-refractivity contribution in [3.8, 4) is 0 Å². The van der Waals surface area contributed by atoms with Crippen molar-refractivity contribution < 1.29 is 4.42 Å². The third-order valence-corrected chi connectivity index (χ3v) is 4.22. The molecule has 0 amide bonds. The van der Waals surface area contributed by atoms with Gasteiger partial charge < -0.3 is 9.73 Å². The van der Waals surface area contributed by atoms with Crippen LogP contribution in [0, 0.1) is 6.92 Å². The van der Waals surface area contributed by atoms with Crippen LogP contribution in [0.2, 0.25) is 0 Å². The Morgan fingerprint density at radius 3 is 2.84 bits per heavy atom. The highest BCUT2D eigenvalue weighted by Crippen LogP contribution is 2.31. The Labute approximate surface area is 117 Å². The third-order valence-electron chi connectivity index (χ3n) is 3.28. The van der Waals surface area contributed by atoms with Crippen LogP contribution >= 0.6 is 11.3 Å². The molecule has 3 rings (SSSR count). The topological polar surface area (TPSA) is 25.2 Å². The number of fused-ring (bicyclic) bond motifs is 1. The second-order valence-electron chi connectivity index (χ2n) is 4.65. The van der Waals surface area contributed by atoms with E-state index in [1.165, 1.54) is 15.8 Å². The molecule has 2 nitrogen and oxygen atoms in total. The molecular formula is C16H17NOS. The number of furan rings is 1. The lowest BCUT2D eigenvalue weighted by Gasteiger charge is -2.13. The van der Waals surface area contributed by atoms with Crippen molar-refractivity contribution in [2.24, 2.45) is 0 Å². The first-order chi connectivity index (χ1) is 9.29. The van der Waals surface area contributed by atoms with Gasteiger partial charge in [0.15, 0.2) is 0 Å². The lowest BCUT2D eigenvalue weighted by molar-refractivity contribution is 0.480. The largest absolute Gasteiger partial charge is 0.459 e. The molecule has 1 aromatic carbocycles. The van der Waals surface area contributed by atoms with E-state index in [9.17, 15) is 0 Å². The van der Waals surface area contributed by atoms with Gasteiger partial charge in [-0.05, 0) is 36.5 Å². The van der Waals surface area contributed by atoms with Gasteiger partial charge in [-0.1, -0.05) is 31.2 Å². The summed E-state index contributed by atoms with van der Waals surface area (Å²) < 4.78 is 6.08. The molecule has 0 saturated carbocycles. The Kier molecular flexibility index (Phi) is 3.40. The predicted molar refractivity (Wildman–Crippen MR) is 80.8 cm³/mol. The van der Waals surface area contributed by atoms with Gasteiger partial charge in [0.05, 0.1) is 0 Å². The minimum absolute atomic E-state index is 0.150. The molecule has 2 heterocycles. The summed E-state index contributed by atoms with van der Waals surface area (Å²) in [6.07, 6.45) is 0. The summed E-state index contributed by atoms with van der Waals surface area (Å²) in [5.74, 6) is 0.994. The first kappa shape index (κ1) is 12.5. The van der Waals surface area contributed by atoms with Crippen LogP contribution in [0.4, 0.5) is 0 Å². The van der Waals surface area contributed by atoms with Gasteiger partial charge in [-0.2, -0.15) is 0 Å². The Hall–Kier alpha value is -1.58. The lowest BCUT2D eigenvalue weighted by Crippen LogP contribution is -2.20. The number of nitrogens with one attached hydrogen (secondary N) is 1. The van der Waals surface area contributed by atoms with Gasteiger partial charge in [0.25, 0.3) is 0 Å². The minimum atomic E-state index is 0.150. The maximum atomic E-state index is 6.08. The van der Waals surface area contributed by atoms with Crippen LogP contribution in [-0.4, -0.2) is 6.54 Å². The van der Waals surface area contributed by atoms with Crippen molar-refractivity contribution in [3.63, 3.8) is 0 Å². The highest BCUT2D eigenvalue weighted by Gasteiger charge is 2.18. The molecule has 0 radical (unpaired) electrons. The second kappa shape index (κ2) is 5.19. The normalized spacial score (nSPS) is 12.9. The monoisotopic (exact) mass is 271 g/mol. The first-order valence-corrected chi connectivity index (χ1v) is 7.43. The van der Waals surface area contributed by atoms with Crippen molar-refractivity contribution in [1.29, 1.82) is 0 Å². The average Bonchev–Trinajstić information content (AvgIpc) is 3.05. The molecule has 3 aromatic rings. The molecule has 98 valence electrons. The van der Waals surface area contributed by atoms with Crippen LogP contribution in [0.5, 0.6) is 0 Å². The van der Waals surface area contributed by atoms with Crippen LogP contribution in [-0.2, 0) is 0 Å². The maximum Gasteiger partial charge on any atom is 0.137 e. The van der Waals surface area contributed by atoms with E-state index in [1.807, 2.05) is 0 Å². The summed E-state index contributed by atoms with van der Waals surface area (Å²) in [6, 6.07) is 12.8. The van der Waals surface area contributed by atoms with Crippen LogP contribution in [0.25, 0.3) is 11.0 Å². The molecule has 0 aliphatic rings. The fourth-order valence-electron chi connectivity index (χ4n) is 2.37. The van der Waals surface area contributed by atoms with Crippen molar-refractivity contribution in [3.05, 3.63) is 58.0 Å². The predicted octanol–water partition coefficient (Wildman–Crippen LogP) is 4.50. The van der Waals surface area contributed by atoms with E-state index in [0.717, 1.165) is 17.9 Å². The summed E-state index contributed by atoms with van der Waals surface area (Å²) in [7, 11) is 0. The highest BCUT2D eigenvalue weighted by molar-refractivity contribution is 7.10. The molecule has 0 aliphatic carbocycles. The van der Waals surface area contributed by atoms with Crippen LogP contribution in [0.1, 0.15) is 29.2 Å². The molecule has 0 saturated heterocycles. The van der Waals surface area contributed by atoms with E-state index in [0.29, 0.717) is 0 Å². The minimum Gasteiger partial charge on any atom is -0.459 e. The molecule has 3 heteroatoms. The van der Waals surface area contributed by atoms with Crippen LogP contribution in [0.3, 0.4) is 0 Å². The fourth-order valence-corrected chi connectivity index (χ4v) is 3.18. The van der Waals surface area contributed by atoms with E-state index in [1.54, 1.807) is 11.3 Å². The van der Waals surface area contributed by atoms with Crippen molar-refractivity contribution in [1.82, 2.24) is 5.32 Å². The van der Waals surface area contributed by atoms with Crippen LogP contribution in [0.15, 0.2) is 46.2 Å². The van der Waals surface area contributed by atoms with Crippen molar-refractivity contribution in [2.45, 2.75) is 19.9 Å². The summed E-state index contributed by atoms with van der Waals surface area (Å²) >= 11 is 1.76. The molecule has 19 heavy (non-hydrogen) atoms. The van der Waals surface area contributed by atoms with Gasteiger partial charge in [0.1, 0.15) is 17.4 Å². The Bertz CT molecular complexity index is 669. The van der Waals surface area contributed by atoms with Crippen molar-refractivity contribution >= 4 is 22.3 Å². The number of hydrogen-bond donors (Lipinski definition) is 1. The molecule has 1 unspecified atom stereocenters.